The molecule has 0 fully saturated rings. The highest BCUT2D eigenvalue weighted by Crippen LogP contribution is 2.36. The van der Waals surface area contributed by atoms with Gasteiger partial charge in [-0.05, 0) is 23.3 Å². The number of hydrogen-bond acceptors (Lipinski definition) is 5. The largest absolute Gasteiger partial charge is 0.460 e. The third kappa shape index (κ3) is 2.05. The number of rotatable bonds is 2. The number of carbonyl (C=O) groups excluding carboxylic acids is 1. The van der Waals surface area contributed by atoms with Gasteiger partial charge in [0.05, 0.1) is 42.0 Å². The highest BCUT2D eigenvalue weighted by Gasteiger charge is 2.30. The molecule has 0 radical (unpaired) electrons. The topological polar surface area (TPSA) is 70.4 Å². The number of benzene rings is 1. The number of cyclic esters (lactones) is 1. The van der Waals surface area contributed by atoms with Gasteiger partial charge in [-0.3, -0.25) is 9.59 Å². The Labute approximate surface area is 149 Å². The van der Waals surface area contributed by atoms with Crippen molar-refractivity contribution >= 4 is 16.9 Å². The first kappa shape index (κ1) is 15.3. The van der Waals surface area contributed by atoms with Crippen molar-refractivity contribution in [1.82, 2.24) is 9.55 Å². The third-order valence-corrected chi connectivity index (χ3v) is 5.16. The number of esters is 1. The number of aromatic nitrogens is 2. The Morgan fingerprint density at radius 2 is 2.08 bits per heavy atom. The van der Waals surface area contributed by atoms with Crippen LogP contribution in [0.4, 0.5) is 0 Å². The van der Waals surface area contributed by atoms with Crippen molar-refractivity contribution in [3.63, 3.8) is 0 Å². The number of para-hydroxylation sites is 1. The fourth-order valence-electron chi connectivity index (χ4n) is 3.93. The summed E-state index contributed by atoms with van der Waals surface area (Å²) in [7, 11) is 1.66. The second-order valence-corrected chi connectivity index (χ2v) is 6.63. The van der Waals surface area contributed by atoms with Crippen molar-refractivity contribution in [2.45, 2.75) is 26.2 Å². The van der Waals surface area contributed by atoms with Gasteiger partial charge in [-0.15, -0.1) is 0 Å². The molecule has 6 heteroatoms. The van der Waals surface area contributed by atoms with E-state index in [0.29, 0.717) is 18.7 Å². The molecule has 0 saturated heterocycles. The maximum absolute atomic E-state index is 13.0. The molecule has 6 nitrogen and oxygen atoms in total. The Hall–Kier alpha value is -2.99. The second-order valence-electron chi connectivity index (χ2n) is 6.63. The lowest BCUT2D eigenvalue weighted by atomic mass is 10.00. The van der Waals surface area contributed by atoms with Crippen LogP contribution in [0.5, 0.6) is 0 Å². The maximum Gasteiger partial charge on any atom is 0.310 e. The molecule has 0 amide bonds. The van der Waals surface area contributed by atoms with Crippen molar-refractivity contribution in [3.05, 3.63) is 62.9 Å². The van der Waals surface area contributed by atoms with Crippen molar-refractivity contribution < 1.29 is 14.3 Å². The molecule has 0 unspecified atom stereocenters. The van der Waals surface area contributed by atoms with Crippen LogP contribution in [0.25, 0.3) is 22.3 Å². The van der Waals surface area contributed by atoms with Gasteiger partial charge in [0.2, 0.25) is 0 Å². The Balaban J connectivity index is 1.81. The van der Waals surface area contributed by atoms with E-state index < -0.39 is 0 Å². The van der Waals surface area contributed by atoms with E-state index in [1.54, 1.807) is 11.7 Å². The van der Waals surface area contributed by atoms with E-state index in [9.17, 15) is 9.59 Å². The molecule has 0 aliphatic carbocycles. The Morgan fingerprint density at radius 1 is 1.23 bits per heavy atom. The van der Waals surface area contributed by atoms with Gasteiger partial charge in [0.25, 0.3) is 5.56 Å². The zero-order chi connectivity index (χ0) is 17.8. The average Bonchev–Trinajstić information content (AvgIpc) is 3.00. The van der Waals surface area contributed by atoms with Gasteiger partial charge in [-0.1, -0.05) is 18.2 Å². The third-order valence-electron chi connectivity index (χ3n) is 5.16. The van der Waals surface area contributed by atoms with E-state index in [2.05, 4.69) is 0 Å². The van der Waals surface area contributed by atoms with Crippen molar-refractivity contribution in [1.29, 1.82) is 0 Å². The lowest BCUT2D eigenvalue weighted by Crippen LogP contribution is -2.30. The predicted octanol–water partition coefficient (Wildman–Crippen LogP) is 2.17. The molecule has 0 spiro atoms. The number of pyridine rings is 2. The summed E-state index contributed by atoms with van der Waals surface area (Å²) in [6, 6.07) is 9.83. The molecule has 2 aliphatic heterocycles. The molecule has 26 heavy (non-hydrogen) atoms. The van der Waals surface area contributed by atoms with Crippen LogP contribution < -0.4 is 5.56 Å². The molecule has 2 aliphatic rings. The first-order chi connectivity index (χ1) is 12.7. The van der Waals surface area contributed by atoms with Gasteiger partial charge >= 0.3 is 5.97 Å². The van der Waals surface area contributed by atoms with Gasteiger partial charge < -0.3 is 14.0 Å². The molecular formula is C20H16N2O4. The quantitative estimate of drug-likeness (QED) is 0.519. The summed E-state index contributed by atoms with van der Waals surface area (Å²) in [6.07, 6.45) is 0.131. The predicted molar refractivity (Wildman–Crippen MR) is 94.8 cm³/mol. The fourth-order valence-corrected chi connectivity index (χ4v) is 3.93. The van der Waals surface area contributed by atoms with Crippen LogP contribution in [0, 0.1) is 0 Å². The van der Waals surface area contributed by atoms with E-state index in [0.717, 1.165) is 39.0 Å². The average molecular weight is 348 g/mol. The molecule has 2 aromatic heterocycles. The minimum Gasteiger partial charge on any atom is -0.460 e. The fraction of sp³-hybridized carbons (Fsp3) is 0.250. The number of carbonyl (C=O) groups is 1. The number of fused-ring (bicyclic) bond motifs is 5. The summed E-state index contributed by atoms with van der Waals surface area (Å²) in [6.45, 7) is 0.959. The first-order valence-electron chi connectivity index (χ1n) is 8.48. The van der Waals surface area contributed by atoms with Crippen molar-refractivity contribution in [2.24, 2.45) is 0 Å². The summed E-state index contributed by atoms with van der Waals surface area (Å²) < 4.78 is 12.2. The number of methoxy groups -OCH3 is 1. The highest BCUT2D eigenvalue weighted by molar-refractivity contribution is 5.88. The molecule has 0 saturated carbocycles. The van der Waals surface area contributed by atoms with Crippen LogP contribution in [0.2, 0.25) is 0 Å². The molecule has 5 rings (SSSR count). The maximum atomic E-state index is 13.0. The Kier molecular flexibility index (Phi) is 3.24. The molecule has 130 valence electrons. The van der Waals surface area contributed by atoms with E-state index >= 15 is 0 Å². The highest BCUT2D eigenvalue weighted by atomic mass is 16.5. The summed E-state index contributed by atoms with van der Waals surface area (Å²) in [5.74, 6) is -0.299. The van der Waals surface area contributed by atoms with Gasteiger partial charge in [0, 0.05) is 18.1 Å². The minimum atomic E-state index is -0.299. The molecular weight excluding hydrogens is 332 g/mol. The molecule has 0 atom stereocenters. The van der Waals surface area contributed by atoms with E-state index in [1.807, 2.05) is 30.3 Å². The molecule has 0 bridgehead atoms. The minimum absolute atomic E-state index is 0.0456. The van der Waals surface area contributed by atoms with Crippen molar-refractivity contribution in [2.75, 3.05) is 7.11 Å². The summed E-state index contributed by atoms with van der Waals surface area (Å²) >= 11 is 0. The molecule has 0 N–H and O–H groups in total. The van der Waals surface area contributed by atoms with E-state index in [4.69, 9.17) is 14.5 Å². The normalized spacial score (nSPS) is 14.7. The molecule has 4 heterocycles. The molecule has 1 aromatic carbocycles. The molecule has 3 aromatic rings. The zero-order valence-electron chi connectivity index (χ0n) is 14.2. The summed E-state index contributed by atoms with van der Waals surface area (Å²) in [5, 5.41) is 1.04. The first-order valence-corrected chi connectivity index (χ1v) is 8.48. The summed E-state index contributed by atoms with van der Waals surface area (Å²) in [4.78, 5) is 29.4. The Bertz CT molecular complexity index is 1150. The van der Waals surface area contributed by atoms with Gasteiger partial charge in [0.1, 0.15) is 6.61 Å². The van der Waals surface area contributed by atoms with E-state index in [1.165, 1.54) is 0 Å². The smallest absolute Gasteiger partial charge is 0.310 e. The van der Waals surface area contributed by atoms with Crippen LogP contribution in [-0.4, -0.2) is 22.6 Å². The lowest BCUT2D eigenvalue weighted by Gasteiger charge is -2.17. The second kappa shape index (κ2) is 5.51. The van der Waals surface area contributed by atoms with Crippen LogP contribution >= 0.6 is 0 Å². The number of nitrogens with zero attached hydrogens (tertiary/aromatic N) is 2. The number of hydrogen-bond donors (Lipinski definition) is 0. The van der Waals surface area contributed by atoms with Gasteiger partial charge in [-0.25, -0.2) is 4.98 Å². The van der Waals surface area contributed by atoms with Crippen LogP contribution in [0.1, 0.15) is 22.3 Å². The zero-order valence-corrected chi connectivity index (χ0v) is 14.2. The standard InChI is InChI=1S/C20H16N2O4/c1-25-9-15-12-4-2-3-5-16(12)21-19-13(15)8-22-17(19)6-11-7-18(23)26-10-14(11)20(22)24/h2-6H,7-10H2,1H3. The summed E-state index contributed by atoms with van der Waals surface area (Å²) in [5.41, 5.74) is 5.72. The van der Waals surface area contributed by atoms with Crippen LogP contribution in [0.3, 0.4) is 0 Å². The number of ether oxygens (including phenoxy) is 2. The Morgan fingerprint density at radius 3 is 2.92 bits per heavy atom. The SMILES string of the molecule is COCc1c2c(nc3ccccc13)-c1cc3c(c(=O)n1C2)COC(=O)C3. The van der Waals surface area contributed by atoms with E-state index in [-0.39, 0.29) is 24.6 Å². The monoisotopic (exact) mass is 348 g/mol. The van der Waals surface area contributed by atoms with Gasteiger partial charge in [-0.2, -0.15) is 0 Å². The van der Waals surface area contributed by atoms with Crippen LogP contribution in [0.15, 0.2) is 35.1 Å². The van der Waals surface area contributed by atoms with Crippen molar-refractivity contribution in [3.8, 4) is 11.4 Å². The lowest BCUT2D eigenvalue weighted by molar-refractivity contribution is -0.145. The van der Waals surface area contributed by atoms with Crippen LogP contribution in [-0.2, 0) is 40.4 Å². The van der Waals surface area contributed by atoms with Gasteiger partial charge in [0.15, 0.2) is 0 Å².